The summed E-state index contributed by atoms with van der Waals surface area (Å²) in [6.45, 7) is 9.37. The van der Waals surface area contributed by atoms with Crippen LogP contribution in [0.3, 0.4) is 0 Å². The molecule has 1 heterocycles. The van der Waals surface area contributed by atoms with Crippen LogP contribution in [0.15, 0.2) is 24.8 Å². The Morgan fingerprint density at radius 2 is 2.25 bits per heavy atom. The minimum absolute atomic E-state index is 0.744. The predicted molar refractivity (Wildman–Crippen MR) is 70.8 cm³/mol. The number of thiophene rings is 1. The quantitative estimate of drug-likeness (QED) is 0.527. The largest absolute Gasteiger partial charge is 0.376 e. The van der Waals surface area contributed by atoms with Crippen molar-refractivity contribution >= 4 is 11.3 Å². The van der Waals surface area contributed by atoms with Gasteiger partial charge in [-0.25, -0.2) is 0 Å². The smallest absolute Gasteiger partial charge is 0.0809 e. The molecule has 1 rings (SSSR count). The summed E-state index contributed by atoms with van der Waals surface area (Å²) in [6, 6.07) is 4.33. The van der Waals surface area contributed by atoms with E-state index in [9.17, 15) is 0 Å². The van der Waals surface area contributed by atoms with Gasteiger partial charge in [0.15, 0.2) is 0 Å². The van der Waals surface area contributed by atoms with E-state index < -0.39 is 0 Å². The average molecular weight is 239 g/mol. The van der Waals surface area contributed by atoms with Crippen LogP contribution in [0.4, 0.5) is 0 Å². The summed E-state index contributed by atoms with van der Waals surface area (Å²) in [5.41, 5.74) is 0. The van der Waals surface area contributed by atoms with Crippen LogP contribution in [0.5, 0.6) is 0 Å². The van der Waals surface area contributed by atoms with Crippen molar-refractivity contribution in [2.75, 3.05) is 13.2 Å². The highest BCUT2D eigenvalue weighted by Crippen LogP contribution is 2.17. The molecular formula is C13H21NOS. The molecule has 0 saturated heterocycles. The van der Waals surface area contributed by atoms with Crippen molar-refractivity contribution in [3.05, 3.63) is 34.5 Å². The third-order valence-corrected chi connectivity index (χ3v) is 3.27. The second-order valence-corrected chi connectivity index (χ2v) is 4.88. The van der Waals surface area contributed by atoms with Gasteiger partial charge in [-0.2, -0.15) is 0 Å². The molecule has 0 atom stereocenters. The fraction of sp³-hybridized carbons (Fsp3) is 0.538. The first-order chi connectivity index (χ1) is 7.86. The van der Waals surface area contributed by atoms with Crippen LogP contribution >= 0.6 is 11.3 Å². The van der Waals surface area contributed by atoms with Crippen molar-refractivity contribution in [2.45, 2.75) is 32.9 Å². The summed E-state index contributed by atoms with van der Waals surface area (Å²) in [7, 11) is 0. The van der Waals surface area contributed by atoms with Gasteiger partial charge in [0.05, 0.1) is 6.61 Å². The van der Waals surface area contributed by atoms with Crippen molar-refractivity contribution in [1.29, 1.82) is 0 Å². The van der Waals surface area contributed by atoms with E-state index in [2.05, 4.69) is 31.0 Å². The lowest BCUT2D eigenvalue weighted by molar-refractivity contribution is 0.121. The zero-order valence-corrected chi connectivity index (χ0v) is 10.8. The first kappa shape index (κ1) is 13.4. The van der Waals surface area contributed by atoms with Gasteiger partial charge in [-0.1, -0.05) is 13.0 Å². The lowest BCUT2D eigenvalue weighted by Crippen LogP contribution is -2.10. The standard InChI is InChI=1S/C13H21NOS/c1-3-5-6-9-15-11-13-8-7-12(16-13)10-14-4-2/h3,7-8,14H,1,4-6,9-11H2,2H3. The average Bonchev–Trinajstić information content (AvgIpc) is 2.74. The molecular weight excluding hydrogens is 218 g/mol. The highest BCUT2D eigenvalue weighted by Gasteiger charge is 1.99. The van der Waals surface area contributed by atoms with Crippen molar-refractivity contribution in [2.24, 2.45) is 0 Å². The Bertz CT molecular complexity index is 296. The van der Waals surface area contributed by atoms with Gasteiger partial charge in [-0.05, 0) is 31.5 Å². The summed E-state index contributed by atoms with van der Waals surface area (Å²) in [5, 5.41) is 3.32. The molecule has 1 N–H and O–H groups in total. The monoisotopic (exact) mass is 239 g/mol. The Kier molecular flexibility index (Phi) is 7.14. The number of ether oxygens (including phenoxy) is 1. The normalized spacial score (nSPS) is 10.6. The summed E-state index contributed by atoms with van der Waals surface area (Å²) in [6.07, 6.45) is 4.04. The lowest BCUT2D eigenvalue weighted by Gasteiger charge is -2.00. The van der Waals surface area contributed by atoms with E-state index in [0.29, 0.717) is 0 Å². The predicted octanol–water partition coefficient (Wildman–Crippen LogP) is 3.34. The van der Waals surface area contributed by atoms with Crippen LogP contribution in [-0.2, 0) is 17.9 Å². The van der Waals surface area contributed by atoms with Gasteiger partial charge < -0.3 is 10.1 Å². The van der Waals surface area contributed by atoms with Crippen LogP contribution < -0.4 is 5.32 Å². The number of hydrogen-bond acceptors (Lipinski definition) is 3. The molecule has 0 radical (unpaired) electrons. The molecule has 1 aromatic heterocycles. The maximum absolute atomic E-state index is 5.58. The van der Waals surface area contributed by atoms with Crippen LogP contribution in [0, 0.1) is 0 Å². The van der Waals surface area contributed by atoms with E-state index >= 15 is 0 Å². The highest BCUT2D eigenvalue weighted by atomic mass is 32.1. The Balaban J connectivity index is 2.16. The van der Waals surface area contributed by atoms with Crippen LogP contribution in [-0.4, -0.2) is 13.2 Å². The van der Waals surface area contributed by atoms with Crippen LogP contribution in [0.2, 0.25) is 0 Å². The zero-order valence-electron chi connectivity index (χ0n) is 10.00. The van der Waals surface area contributed by atoms with Crippen molar-refractivity contribution in [3.8, 4) is 0 Å². The van der Waals surface area contributed by atoms with Gasteiger partial charge in [-0.15, -0.1) is 17.9 Å². The van der Waals surface area contributed by atoms with Crippen molar-refractivity contribution < 1.29 is 4.74 Å². The zero-order chi connectivity index (χ0) is 11.6. The first-order valence-corrected chi connectivity index (χ1v) is 6.65. The molecule has 90 valence electrons. The molecule has 0 spiro atoms. The second kappa shape index (κ2) is 8.50. The molecule has 2 nitrogen and oxygen atoms in total. The Labute approximate surface area is 102 Å². The summed E-state index contributed by atoms with van der Waals surface area (Å²) in [5.74, 6) is 0. The van der Waals surface area contributed by atoms with Gasteiger partial charge in [-0.3, -0.25) is 0 Å². The van der Waals surface area contributed by atoms with Crippen molar-refractivity contribution in [3.63, 3.8) is 0 Å². The minimum atomic E-state index is 0.744. The molecule has 16 heavy (non-hydrogen) atoms. The summed E-state index contributed by atoms with van der Waals surface area (Å²) in [4.78, 5) is 2.69. The fourth-order valence-corrected chi connectivity index (χ4v) is 2.27. The Morgan fingerprint density at radius 1 is 1.44 bits per heavy atom. The van der Waals surface area contributed by atoms with Gasteiger partial charge in [0.2, 0.25) is 0 Å². The molecule has 0 aliphatic carbocycles. The molecule has 0 fully saturated rings. The second-order valence-electron chi connectivity index (χ2n) is 3.63. The first-order valence-electron chi connectivity index (χ1n) is 5.83. The number of rotatable bonds is 9. The van der Waals surface area contributed by atoms with E-state index in [1.165, 1.54) is 9.75 Å². The van der Waals surface area contributed by atoms with E-state index in [4.69, 9.17) is 4.74 Å². The maximum Gasteiger partial charge on any atom is 0.0809 e. The SMILES string of the molecule is C=CCCCOCc1ccc(CNCC)s1. The summed E-state index contributed by atoms with van der Waals surface area (Å²) >= 11 is 1.83. The molecule has 0 aliphatic rings. The molecule has 1 aromatic rings. The maximum atomic E-state index is 5.58. The Morgan fingerprint density at radius 3 is 3.00 bits per heavy atom. The van der Waals surface area contributed by atoms with Crippen molar-refractivity contribution in [1.82, 2.24) is 5.32 Å². The van der Waals surface area contributed by atoms with Gasteiger partial charge in [0.25, 0.3) is 0 Å². The van der Waals surface area contributed by atoms with Crippen LogP contribution in [0.25, 0.3) is 0 Å². The number of unbranched alkanes of at least 4 members (excludes halogenated alkanes) is 1. The van der Waals surface area contributed by atoms with E-state index in [0.717, 1.165) is 39.1 Å². The molecule has 0 bridgehead atoms. The van der Waals surface area contributed by atoms with Crippen LogP contribution in [0.1, 0.15) is 29.5 Å². The lowest BCUT2D eigenvalue weighted by atomic mass is 10.3. The minimum Gasteiger partial charge on any atom is -0.376 e. The number of allylic oxidation sites excluding steroid dienone is 1. The van der Waals surface area contributed by atoms with E-state index in [1.807, 2.05) is 17.4 Å². The van der Waals surface area contributed by atoms with E-state index in [1.54, 1.807) is 0 Å². The molecule has 3 heteroatoms. The summed E-state index contributed by atoms with van der Waals surface area (Å²) < 4.78 is 5.58. The number of nitrogens with one attached hydrogen (secondary N) is 1. The van der Waals surface area contributed by atoms with E-state index in [-0.39, 0.29) is 0 Å². The molecule has 0 amide bonds. The third-order valence-electron chi connectivity index (χ3n) is 2.21. The molecule has 0 aromatic carbocycles. The molecule has 0 saturated carbocycles. The third kappa shape index (κ3) is 5.45. The fourth-order valence-electron chi connectivity index (χ4n) is 1.35. The highest BCUT2D eigenvalue weighted by molar-refractivity contribution is 7.11. The molecule has 0 aliphatic heterocycles. The number of hydrogen-bond donors (Lipinski definition) is 1. The van der Waals surface area contributed by atoms with Gasteiger partial charge in [0.1, 0.15) is 0 Å². The topological polar surface area (TPSA) is 21.3 Å². The van der Waals surface area contributed by atoms with Gasteiger partial charge >= 0.3 is 0 Å². The van der Waals surface area contributed by atoms with Gasteiger partial charge in [0, 0.05) is 22.9 Å². The molecule has 0 unspecified atom stereocenters. The Hall–Kier alpha value is -0.640.